The highest BCUT2D eigenvalue weighted by atomic mass is 16.5. The van der Waals surface area contributed by atoms with Crippen molar-refractivity contribution in [3.05, 3.63) is 6.10 Å². The SMILES string of the molecule is CN(C)C[C]1CNCCCO1. The standard InChI is InChI=1S/C8H17N2O/c1-10(2)7-8-6-9-4-3-5-11-8/h9H,3-7H2,1-2H3. The number of rotatable bonds is 2. The summed E-state index contributed by atoms with van der Waals surface area (Å²) >= 11 is 0. The molecule has 0 spiro atoms. The van der Waals surface area contributed by atoms with E-state index in [1.807, 2.05) is 0 Å². The molecule has 11 heavy (non-hydrogen) atoms. The number of ether oxygens (including phenoxy) is 1. The maximum atomic E-state index is 5.53. The lowest BCUT2D eigenvalue weighted by Crippen LogP contribution is -2.28. The summed E-state index contributed by atoms with van der Waals surface area (Å²) < 4.78 is 5.53. The van der Waals surface area contributed by atoms with Crippen LogP contribution < -0.4 is 5.32 Å². The van der Waals surface area contributed by atoms with Crippen LogP contribution in [-0.4, -0.2) is 45.2 Å². The second-order valence-electron chi connectivity index (χ2n) is 3.16. The Hall–Kier alpha value is -0.120. The molecular formula is C8H17N2O. The molecule has 0 amide bonds. The van der Waals surface area contributed by atoms with Crippen molar-refractivity contribution in [2.45, 2.75) is 6.42 Å². The number of likely N-dealkylation sites (N-methyl/N-ethyl adjacent to an activating group) is 1. The van der Waals surface area contributed by atoms with Gasteiger partial charge in [0.05, 0.1) is 0 Å². The highest BCUT2D eigenvalue weighted by Gasteiger charge is 2.13. The number of hydrogen-bond acceptors (Lipinski definition) is 3. The maximum Gasteiger partial charge on any atom is 0.124 e. The Balaban J connectivity index is 2.20. The summed E-state index contributed by atoms with van der Waals surface area (Å²) in [5, 5.41) is 3.31. The number of hydrogen-bond donors (Lipinski definition) is 1. The van der Waals surface area contributed by atoms with E-state index in [9.17, 15) is 0 Å². The summed E-state index contributed by atoms with van der Waals surface area (Å²) in [7, 11) is 4.11. The van der Waals surface area contributed by atoms with Gasteiger partial charge in [0.15, 0.2) is 0 Å². The molecule has 1 radical (unpaired) electrons. The molecule has 1 saturated heterocycles. The van der Waals surface area contributed by atoms with Gasteiger partial charge in [0, 0.05) is 19.7 Å². The largest absolute Gasteiger partial charge is 0.369 e. The van der Waals surface area contributed by atoms with Gasteiger partial charge >= 0.3 is 0 Å². The predicted molar refractivity (Wildman–Crippen MR) is 45.2 cm³/mol. The smallest absolute Gasteiger partial charge is 0.124 e. The first kappa shape index (κ1) is 8.97. The fourth-order valence-electron chi connectivity index (χ4n) is 1.15. The van der Waals surface area contributed by atoms with Gasteiger partial charge in [-0.1, -0.05) is 0 Å². The maximum absolute atomic E-state index is 5.53. The fourth-order valence-corrected chi connectivity index (χ4v) is 1.15. The molecule has 1 aliphatic heterocycles. The van der Waals surface area contributed by atoms with E-state index >= 15 is 0 Å². The van der Waals surface area contributed by atoms with E-state index in [4.69, 9.17) is 4.74 Å². The zero-order valence-corrected chi connectivity index (χ0v) is 7.39. The quantitative estimate of drug-likeness (QED) is 0.615. The minimum Gasteiger partial charge on any atom is -0.369 e. The molecule has 0 aromatic heterocycles. The molecule has 0 aliphatic carbocycles. The summed E-state index contributed by atoms with van der Waals surface area (Å²) in [4.78, 5) is 2.13. The van der Waals surface area contributed by atoms with Crippen LogP contribution in [0.5, 0.6) is 0 Å². The molecule has 1 fully saturated rings. The van der Waals surface area contributed by atoms with Gasteiger partial charge in [0.2, 0.25) is 0 Å². The van der Waals surface area contributed by atoms with Crippen LogP contribution in [0.1, 0.15) is 6.42 Å². The first-order chi connectivity index (χ1) is 5.29. The molecule has 0 unspecified atom stereocenters. The van der Waals surface area contributed by atoms with Gasteiger partial charge < -0.3 is 15.0 Å². The third kappa shape index (κ3) is 3.70. The average Bonchev–Trinajstić information content (AvgIpc) is 2.14. The van der Waals surface area contributed by atoms with Crippen molar-refractivity contribution in [1.82, 2.24) is 10.2 Å². The summed E-state index contributed by atoms with van der Waals surface area (Å²) in [6, 6.07) is 0. The molecule has 3 nitrogen and oxygen atoms in total. The van der Waals surface area contributed by atoms with Gasteiger partial charge in [-0.3, -0.25) is 0 Å². The molecular weight excluding hydrogens is 140 g/mol. The molecule has 0 saturated carbocycles. The van der Waals surface area contributed by atoms with Gasteiger partial charge in [-0.15, -0.1) is 0 Å². The molecule has 0 aromatic carbocycles. The van der Waals surface area contributed by atoms with E-state index in [-0.39, 0.29) is 0 Å². The van der Waals surface area contributed by atoms with E-state index < -0.39 is 0 Å². The predicted octanol–water partition coefficient (Wildman–Crippen LogP) is 0.0899. The van der Waals surface area contributed by atoms with E-state index in [2.05, 4.69) is 24.3 Å². The van der Waals surface area contributed by atoms with E-state index in [1.54, 1.807) is 0 Å². The minimum atomic E-state index is 0.871. The summed E-state index contributed by atoms with van der Waals surface area (Å²) in [5.74, 6) is 0. The molecule has 1 aliphatic rings. The highest BCUT2D eigenvalue weighted by Crippen LogP contribution is 2.05. The number of nitrogens with one attached hydrogen (secondary N) is 1. The van der Waals surface area contributed by atoms with Crippen LogP contribution in [0.4, 0.5) is 0 Å². The zero-order chi connectivity index (χ0) is 8.10. The second-order valence-corrected chi connectivity index (χ2v) is 3.16. The van der Waals surface area contributed by atoms with Gasteiger partial charge in [0.1, 0.15) is 6.10 Å². The van der Waals surface area contributed by atoms with Crippen molar-refractivity contribution >= 4 is 0 Å². The topological polar surface area (TPSA) is 24.5 Å². The second kappa shape index (κ2) is 4.70. The fraction of sp³-hybridized carbons (Fsp3) is 0.875. The monoisotopic (exact) mass is 157 g/mol. The highest BCUT2D eigenvalue weighted by molar-refractivity contribution is 4.85. The van der Waals surface area contributed by atoms with Gasteiger partial charge in [-0.25, -0.2) is 0 Å². The normalized spacial score (nSPS) is 22.1. The van der Waals surface area contributed by atoms with Crippen molar-refractivity contribution < 1.29 is 4.74 Å². The van der Waals surface area contributed by atoms with E-state index in [1.165, 1.54) is 0 Å². The molecule has 1 N–H and O–H groups in total. The van der Waals surface area contributed by atoms with Crippen molar-refractivity contribution in [2.75, 3.05) is 40.3 Å². The van der Waals surface area contributed by atoms with Crippen LogP contribution in [0.15, 0.2) is 0 Å². The van der Waals surface area contributed by atoms with Gasteiger partial charge in [-0.2, -0.15) is 0 Å². The summed E-state index contributed by atoms with van der Waals surface area (Å²) in [5.41, 5.74) is 0. The van der Waals surface area contributed by atoms with Crippen LogP contribution in [0.25, 0.3) is 0 Å². The third-order valence-electron chi connectivity index (χ3n) is 1.62. The van der Waals surface area contributed by atoms with E-state index in [0.29, 0.717) is 0 Å². The Bertz CT molecular complexity index is 98.3. The first-order valence-electron chi connectivity index (χ1n) is 4.12. The van der Waals surface area contributed by atoms with Crippen LogP contribution in [0, 0.1) is 6.10 Å². The molecule has 0 bridgehead atoms. The van der Waals surface area contributed by atoms with Crippen LogP contribution in [0.3, 0.4) is 0 Å². The lowest BCUT2D eigenvalue weighted by molar-refractivity contribution is 0.130. The lowest BCUT2D eigenvalue weighted by atomic mass is 10.3. The summed E-state index contributed by atoms with van der Waals surface area (Å²) in [6.07, 6.45) is 2.28. The Morgan fingerprint density at radius 1 is 1.55 bits per heavy atom. The molecule has 0 atom stereocenters. The Morgan fingerprint density at radius 3 is 3.09 bits per heavy atom. The Kier molecular flexibility index (Phi) is 3.83. The first-order valence-corrected chi connectivity index (χ1v) is 4.12. The number of nitrogens with zero attached hydrogens (tertiary/aromatic N) is 1. The van der Waals surface area contributed by atoms with Crippen molar-refractivity contribution in [1.29, 1.82) is 0 Å². The molecule has 1 rings (SSSR count). The average molecular weight is 157 g/mol. The van der Waals surface area contributed by atoms with Crippen molar-refractivity contribution in [3.63, 3.8) is 0 Å². The lowest BCUT2D eigenvalue weighted by Gasteiger charge is -2.17. The molecule has 1 heterocycles. The van der Waals surface area contributed by atoms with Crippen LogP contribution in [0.2, 0.25) is 0 Å². The minimum absolute atomic E-state index is 0.871. The molecule has 0 aromatic rings. The Labute approximate surface area is 68.7 Å². The van der Waals surface area contributed by atoms with E-state index in [0.717, 1.165) is 38.8 Å². The van der Waals surface area contributed by atoms with Gasteiger partial charge in [0.25, 0.3) is 0 Å². The van der Waals surface area contributed by atoms with Crippen molar-refractivity contribution in [2.24, 2.45) is 0 Å². The zero-order valence-electron chi connectivity index (χ0n) is 7.39. The molecule has 65 valence electrons. The molecule has 3 heteroatoms. The van der Waals surface area contributed by atoms with Crippen LogP contribution in [-0.2, 0) is 4.74 Å². The third-order valence-corrected chi connectivity index (χ3v) is 1.62. The van der Waals surface area contributed by atoms with Crippen LogP contribution >= 0.6 is 0 Å². The Morgan fingerprint density at radius 2 is 2.36 bits per heavy atom. The van der Waals surface area contributed by atoms with Gasteiger partial charge in [-0.05, 0) is 27.1 Å². The van der Waals surface area contributed by atoms with Crippen molar-refractivity contribution in [3.8, 4) is 0 Å². The summed E-state index contributed by atoms with van der Waals surface area (Å²) in [6.45, 7) is 3.80.